The third kappa shape index (κ3) is 3.08. The molecule has 1 atom stereocenters. The van der Waals surface area contributed by atoms with E-state index in [1.165, 1.54) is 38.5 Å². The highest BCUT2D eigenvalue weighted by Gasteiger charge is 2.48. The summed E-state index contributed by atoms with van der Waals surface area (Å²) in [5.41, 5.74) is -0.501. The number of hydrogen-bond acceptors (Lipinski definition) is 3. The van der Waals surface area contributed by atoms with Crippen molar-refractivity contribution in [3.05, 3.63) is 10.8 Å². The molecular formula is C17H25ClO3. The van der Waals surface area contributed by atoms with E-state index in [9.17, 15) is 9.90 Å². The monoisotopic (exact) mass is 312 g/mol. The Bertz CT molecular complexity index is 433. The largest absolute Gasteiger partial charge is 0.510 e. The molecule has 2 aliphatic carbocycles. The van der Waals surface area contributed by atoms with Crippen LogP contribution < -0.4 is 0 Å². The smallest absolute Gasteiger partial charge is 0.353 e. The van der Waals surface area contributed by atoms with Crippen molar-refractivity contribution in [1.29, 1.82) is 0 Å². The van der Waals surface area contributed by atoms with Crippen LogP contribution in [0.1, 0.15) is 70.6 Å². The molecular weight excluding hydrogens is 288 g/mol. The highest BCUT2D eigenvalue weighted by Crippen LogP contribution is 2.47. The predicted octanol–water partition coefficient (Wildman–Crippen LogP) is 4.84. The first-order valence-electron chi connectivity index (χ1n) is 8.42. The molecule has 0 aromatic rings. The Morgan fingerprint density at radius 3 is 2.38 bits per heavy atom. The Kier molecular flexibility index (Phi) is 4.49. The van der Waals surface area contributed by atoms with E-state index < -0.39 is 11.6 Å². The Labute approximate surface area is 131 Å². The summed E-state index contributed by atoms with van der Waals surface area (Å²) in [4.78, 5) is 12.0. The molecule has 2 fully saturated rings. The Morgan fingerprint density at radius 1 is 1.14 bits per heavy atom. The lowest BCUT2D eigenvalue weighted by Gasteiger charge is -2.41. The van der Waals surface area contributed by atoms with Gasteiger partial charge < -0.3 is 9.84 Å². The van der Waals surface area contributed by atoms with Crippen molar-refractivity contribution < 1.29 is 14.6 Å². The van der Waals surface area contributed by atoms with E-state index >= 15 is 0 Å². The molecule has 1 unspecified atom stereocenters. The Balaban J connectivity index is 1.76. The first-order valence-corrected chi connectivity index (χ1v) is 8.79. The summed E-state index contributed by atoms with van der Waals surface area (Å²) in [5.74, 6) is 0.658. The third-order valence-corrected chi connectivity index (χ3v) is 6.12. The summed E-state index contributed by atoms with van der Waals surface area (Å²) < 4.78 is 5.81. The van der Waals surface area contributed by atoms with Crippen LogP contribution in [0.4, 0.5) is 0 Å². The molecule has 0 aromatic heterocycles. The zero-order chi connectivity index (χ0) is 14.9. The second-order valence-corrected chi connectivity index (χ2v) is 7.44. The highest BCUT2D eigenvalue weighted by molar-refractivity contribution is 6.41. The summed E-state index contributed by atoms with van der Waals surface area (Å²) in [5, 5.41) is 9.96. The van der Waals surface area contributed by atoms with Crippen LogP contribution in [0.3, 0.4) is 0 Å². The molecule has 1 aliphatic heterocycles. The molecule has 0 aromatic carbocycles. The van der Waals surface area contributed by atoms with Gasteiger partial charge in [0.05, 0.1) is 0 Å². The second-order valence-electron chi connectivity index (χ2n) is 7.06. The molecule has 4 heteroatoms. The van der Waals surface area contributed by atoms with Crippen molar-refractivity contribution in [2.24, 2.45) is 11.8 Å². The van der Waals surface area contributed by atoms with Gasteiger partial charge in [0.1, 0.15) is 11.4 Å². The Hall–Kier alpha value is -0.700. The molecule has 1 N–H and O–H groups in total. The zero-order valence-electron chi connectivity index (χ0n) is 12.6. The van der Waals surface area contributed by atoms with Gasteiger partial charge in [-0.3, -0.25) is 0 Å². The van der Waals surface area contributed by atoms with Gasteiger partial charge in [-0.05, 0) is 37.5 Å². The number of aliphatic hydroxyl groups excluding tert-OH is 1. The molecule has 118 valence electrons. The molecule has 3 rings (SSSR count). The molecule has 3 nitrogen and oxygen atoms in total. The second kappa shape index (κ2) is 6.20. The maximum absolute atomic E-state index is 12.0. The first kappa shape index (κ1) is 15.2. The number of halogens is 1. The van der Waals surface area contributed by atoms with Crippen LogP contribution in [0, 0.1) is 11.8 Å². The van der Waals surface area contributed by atoms with Crippen molar-refractivity contribution in [2.75, 3.05) is 0 Å². The van der Waals surface area contributed by atoms with Gasteiger partial charge >= 0.3 is 5.97 Å². The van der Waals surface area contributed by atoms with Gasteiger partial charge in [0.25, 0.3) is 0 Å². The van der Waals surface area contributed by atoms with Gasteiger partial charge in [-0.1, -0.05) is 50.1 Å². The van der Waals surface area contributed by atoms with E-state index in [2.05, 4.69) is 0 Å². The minimum absolute atomic E-state index is 0.0336. The van der Waals surface area contributed by atoms with Gasteiger partial charge in [0.15, 0.2) is 5.03 Å². The summed E-state index contributed by atoms with van der Waals surface area (Å²) in [7, 11) is 0. The summed E-state index contributed by atoms with van der Waals surface area (Å²) in [6.45, 7) is 0. The number of hydrogen-bond donors (Lipinski definition) is 1. The summed E-state index contributed by atoms with van der Waals surface area (Å²) in [6.07, 6.45) is 12.3. The third-order valence-electron chi connectivity index (χ3n) is 5.74. The van der Waals surface area contributed by atoms with E-state index in [4.69, 9.17) is 16.3 Å². The van der Waals surface area contributed by atoms with Crippen molar-refractivity contribution in [3.8, 4) is 0 Å². The van der Waals surface area contributed by atoms with Gasteiger partial charge in [-0.15, -0.1) is 0 Å². The minimum atomic E-state index is -0.529. The van der Waals surface area contributed by atoms with Crippen LogP contribution in [-0.4, -0.2) is 16.7 Å². The summed E-state index contributed by atoms with van der Waals surface area (Å²) in [6, 6.07) is 0. The lowest BCUT2D eigenvalue weighted by molar-refractivity contribution is -0.166. The molecule has 0 saturated heterocycles. The zero-order valence-corrected chi connectivity index (χ0v) is 13.3. The van der Waals surface area contributed by atoms with E-state index in [1.54, 1.807) is 0 Å². The van der Waals surface area contributed by atoms with Crippen LogP contribution in [0.2, 0.25) is 0 Å². The number of carbonyl (C=O) groups excluding carboxylic acids is 1. The van der Waals surface area contributed by atoms with Gasteiger partial charge in [0.2, 0.25) is 0 Å². The van der Waals surface area contributed by atoms with Gasteiger partial charge in [-0.2, -0.15) is 0 Å². The molecule has 0 bridgehead atoms. The molecule has 0 radical (unpaired) electrons. The number of rotatable bonds is 4. The topological polar surface area (TPSA) is 46.5 Å². The number of cyclic esters (lactones) is 1. The number of aliphatic hydroxyl groups is 1. The minimum Gasteiger partial charge on any atom is -0.510 e. The van der Waals surface area contributed by atoms with E-state index in [-0.39, 0.29) is 10.8 Å². The summed E-state index contributed by atoms with van der Waals surface area (Å²) >= 11 is 5.83. The fourth-order valence-electron chi connectivity index (χ4n) is 4.51. The lowest BCUT2D eigenvalue weighted by Crippen LogP contribution is -2.45. The normalized spacial score (nSPS) is 32.0. The SMILES string of the molecule is O=C1OC(CCC2CCCC2)(C2CCCC2)CC(O)=C1Cl. The average molecular weight is 313 g/mol. The van der Waals surface area contributed by atoms with Crippen LogP contribution >= 0.6 is 11.6 Å². The fraction of sp³-hybridized carbons (Fsp3) is 0.824. The lowest BCUT2D eigenvalue weighted by atomic mass is 9.76. The first-order chi connectivity index (χ1) is 10.1. The van der Waals surface area contributed by atoms with Gasteiger partial charge in [0, 0.05) is 6.42 Å². The number of carbonyl (C=O) groups is 1. The quantitative estimate of drug-likeness (QED) is 0.755. The van der Waals surface area contributed by atoms with Crippen LogP contribution in [0.5, 0.6) is 0 Å². The van der Waals surface area contributed by atoms with Crippen molar-refractivity contribution in [1.82, 2.24) is 0 Å². The van der Waals surface area contributed by atoms with Crippen molar-refractivity contribution >= 4 is 17.6 Å². The molecule has 1 heterocycles. The van der Waals surface area contributed by atoms with E-state index in [1.807, 2.05) is 0 Å². The van der Waals surface area contributed by atoms with E-state index in [0.29, 0.717) is 12.3 Å². The van der Waals surface area contributed by atoms with Gasteiger partial charge in [-0.25, -0.2) is 4.79 Å². The van der Waals surface area contributed by atoms with Crippen LogP contribution in [0.25, 0.3) is 0 Å². The predicted molar refractivity (Wildman–Crippen MR) is 82.1 cm³/mol. The number of ether oxygens (including phenoxy) is 1. The molecule has 2 saturated carbocycles. The fourth-order valence-corrected chi connectivity index (χ4v) is 4.62. The molecule has 21 heavy (non-hydrogen) atoms. The van der Waals surface area contributed by atoms with Crippen molar-refractivity contribution in [3.63, 3.8) is 0 Å². The highest BCUT2D eigenvalue weighted by atomic mass is 35.5. The molecule has 0 amide bonds. The Morgan fingerprint density at radius 2 is 1.76 bits per heavy atom. The van der Waals surface area contributed by atoms with Crippen LogP contribution in [-0.2, 0) is 9.53 Å². The standard InChI is InChI=1S/C17H25ClO3/c18-15-14(19)11-17(21-16(15)20,13-7-3-4-8-13)10-9-12-5-1-2-6-12/h12-13,19H,1-11H2. The maximum Gasteiger partial charge on any atom is 0.353 e. The molecule has 0 spiro atoms. The number of esters is 1. The van der Waals surface area contributed by atoms with E-state index in [0.717, 1.165) is 31.6 Å². The average Bonchev–Trinajstić information content (AvgIpc) is 3.15. The molecule has 3 aliphatic rings. The maximum atomic E-state index is 12.0. The van der Waals surface area contributed by atoms with Crippen LogP contribution in [0.15, 0.2) is 10.8 Å². The van der Waals surface area contributed by atoms with Crippen molar-refractivity contribution in [2.45, 2.75) is 76.2 Å².